The van der Waals surface area contributed by atoms with E-state index >= 15 is 0 Å². The minimum atomic E-state index is 0.259. The molecule has 3 aliphatic rings. The minimum absolute atomic E-state index is 0.259. The average molecular weight is 222 g/mol. The van der Waals surface area contributed by atoms with Crippen LogP contribution in [-0.2, 0) is 4.74 Å². The largest absolute Gasteiger partial charge is 0.375 e. The highest BCUT2D eigenvalue weighted by Crippen LogP contribution is 2.53. The summed E-state index contributed by atoms with van der Waals surface area (Å²) in [6, 6.07) is 0. The quantitative estimate of drug-likeness (QED) is 0.601. The molecule has 3 fully saturated rings. The molecule has 3 rings (SSSR count). The van der Waals surface area contributed by atoms with Crippen molar-refractivity contribution in [2.24, 2.45) is 23.2 Å². The molecular weight excluding hydrogens is 196 g/mol. The third-order valence-electron chi connectivity index (χ3n) is 5.07. The molecule has 4 atom stereocenters. The van der Waals surface area contributed by atoms with E-state index in [0.29, 0.717) is 5.41 Å². The third-order valence-corrected chi connectivity index (χ3v) is 5.07. The van der Waals surface area contributed by atoms with Gasteiger partial charge < -0.3 is 4.74 Å². The minimum Gasteiger partial charge on any atom is -0.375 e. The van der Waals surface area contributed by atoms with Crippen LogP contribution in [0.4, 0.5) is 0 Å². The van der Waals surface area contributed by atoms with Crippen molar-refractivity contribution < 1.29 is 4.74 Å². The molecule has 0 amide bonds. The Kier molecular flexibility index (Phi) is 2.41. The maximum atomic E-state index is 6.39. The van der Waals surface area contributed by atoms with Crippen molar-refractivity contribution in [3.63, 3.8) is 0 Å². The van der Waals surface area contributed by atoms with E-state index in [1.54, 1.807) is 0 Å². The van der Waals surface area contributed by atoms with Crippen molar-refractivity contribution in [2.45, 2.75) is 64.9 Å². The van der Waals surface area contributed by atoms with E-state index in [9.17, 15) is 0 Å². The van der Waals surface area contributed by atoms with Crippen molar-refractivity contribution >= 4 is 0 Å². The van der Waals surface area contributed by atoms with Crippen LogP contribution >= 0.6 is 0 Å². The molecule has 1 heteroatoms. The first-order valence-corrected chi connectivity index (χ1v) is 7.12. The fraction of sp³-hybridized carbons (Fsp3) is 1.00. The standard InChI is InChI=1S/C15H26O/c1-11-7-14(2,3)10-15(8-11)5-4-12-6-13(12)9-16-15/h11-13H,4-10H2,1-3H3. The van der Waals surface area contributed by atoms with Crippen molar-refractivity contribution in [3.05, 3.63) is 0 Å². The molecule has 2 aliphatic carbocycles. The predicted octanol–water partition coefficient (Wildman–Crippen LogP) is 4.02. The SMILES string of the molecule is CC1CC(C)(C)CC2(CCC3CC3CO2)C1. The Morgan fingerprint density at radius 3 is 2.69 bits per heavy atom. The lowest BCUT2D eigenvalue weighted by Crippen LogP contribution is -2.44. The summed E-state index contributed by atoms with van der Waals surface area (Å²) < 4.78 is 6.39. The smallest absolute Gasteiger partial charge is 0.0690 e. The molecule has 1 saturated heterocycles. The van der Waals surface area contributed by atoms with Gasteiger partial charge in [0.15, 0.2) is 0 Å². The molecule has 0 aromatic carbocycles. The molecule has 1 heterocycles. The fourth-order valence-electron chi connectivity index (χ4n) is 4.64. The molecule has 0 aromatic rings. The van der Waals surface area contributed by atoms with Gasteiger partial charge in [0.05, 0.1) is 12.2 Å². The van der Waals surface area contributed by atoms with Gasteiger partial charge in [0.1, 0.15) is 0 Å². The summed E-state index contributed by atoms with van der Waals surface area (Å²) in [6.45, 7) is 8.34. The molecule has 0 N–H and O–H groups in total. The Labute approximate surface area is 99.9 Å². The second kappa shape index (κ2) is 3.48. The number of ether oxygens (including phenoxy) is 1. The first-order valence-electron chi connectivity index (χ1n) is 7.12. The molecule has 16 heavy (non-hydrogen) atoms. The topological polar surface area (TPSA) is 9.23 Å². The third kappa shape index (κ3) is 2.03. The van der Waals surface area contributed by atoms with Crippen LogP contribution in [0.3, 0.4) is 0 Å². The van der Waals surface area contributed by atoms with Gasteiger partial charge in [-0.1, -0.05) is 20.8 Å². The first-order chi connectivity index (χ1) is 7.48. The van der Waals surface area contributed by atoms with E-state index in [4.69, 9.17) is 4.74 Å². The second-order valence-corrected chi connectivity index (χ2v) is 7.64. The first kappa shape index (κ1) is 11.1. The summed E-state index contributed by atoms with van der Waals surface area (Å²) in [5, 5.41) is 0. The van der Waals surface area contributed by atoms with Crippen LogP contribution in [0.15, 0.2) is 0 Å². The lowest BCUT2D eigenvalue weighted by molar-refractivity contribution is -0.114. The van der Waals surface area contributed by atoms with E-state index in [-0.39, 0.29) is 5.60 Å². The lowest BCUT2D eigenvalue weighted by Gasteiger charge is -2.47. The molecule has 0 bridgehead atoms. The van der Waals surface area contributed by atoms with Gasteiger partial charge in [-0.25, -0.2) is 0 Å². The van der Waals surface area contributed by atoms with Crippen molar-refractivity contribution in [3.8, 4) is 0 Å². The summed E-state index contributed by atoms with van der Waals surface area (Å²) in [5.74, 6) is 2.80. The van der Waals surface area contributed by atoms with E-state index in [1.807, 2.05) is 0 Å². The van der Waals surface area contributed by atoms with Crippen molar-refractivity contribution in [1.82, 2.24) is 0 Å². The summed E-state index contributed by atoms with van der Waals surface area (Å²) in [7, 11) is 0. The Morgan fingerprint density at radius 2 is 1.94 bits per heavy atom. The molecule has 1 nitrogen and oxygen atoms in total. The highest BCUT2D eigenvalue weighted by Gasteiger charge is 2.49. The van der Waals surface area contributed by atoms with Crippen molar-refractivity contribution in [1.29, 1.82) is 0 Å². The molecule has 4 unspecified atom stereocenters. The highest BCUT2D eigenvalue weighted by atomic mass is 16.5. The zero-order valence-electron chi connectivity index (χ0n) is 11.1. The summed E-state index contributed by atoms with van der Waals surface area (Å²) in [6.07, 6.45) is 8.22. The summed E-state index contributed by atoms with van der Waals surface area (Å²) in [4.78, 5) is 0. The summed E-state index contributed by atoms with van der Waals surface area (Å²) >= 11 is 0. The highest BCUT2D eigenvalue weighted by molar-refractivity contribution is 4.99. The number of hydrogen-bond donors (Lipinski definition) is 0. The second-order valence-electron chi connectivity index (χ2n) is 7.64. The molecule has 0 radical (unpaired) electrons. The molecule has 1 spiro atoms. The molecule has 2 saturated carbocycles. The van der Waals surface area contributed by atoms with Crippen LogP contribution in [0.25, 0.3) is 0 Å². The van der Waals surface area contributed by atoms with Gasteiger partial charge >= 0.3 is 0 Å². The number of rotatable bonds is 0. The van der Waals surface area contributed by atoms with Gasteiger partial charge in [-0.05, 0) is 61.7 Å². The lowest BCUT2D eigenvalue weighted by atomic mass is 9.64. The van der Waals surface area contributed by atoms with Crippen LogP contribution in [0, 0.1) is 23.2 Å². The van der Waals surface area contributed by atoms with Crippen LogP contribution in [0.2, 0.25) is 0 Å². The molecule has 0 aromatic heterocycles. The average Bonchev–Trinajstić information content (AvgIpc) is 2.86. The zero-order chi connectivity index (χ0) is 11.4. The predicted molar refractivity (Wildman–Crippen MR) is 66.3 cm³/mol. The Morgan fingerprint density at radius 1 is 1.12 bits per heavy atom. The van der Waals surface area contributed by atoms with Crippen LogP contribution in [0.5, 0.6) is 0 Å². The van der Waals surface area contributed by atoms with Gasteiger partial charge in [-0.2, -0.15) is 0 Å². The van der Waals surface area contributed by atoms with Crippen LogP contribution < -0.4 is 0 Å². The van der Waals surface area contributed by atoms with Crippen LogP contribution in [0.1, 0.15) is 59.3 Å². The van der Waals surface area contributed by atoms with Crippen molar-refractivity contribution in [2.75, 3.05) is 6.61 Å². The molecule has 92 valence electrons. The Bertz CT molecular complexity index is 269. The van der Waals surface area contributed by atoms with Gasteiger partial charge in [-0.3, -0.25) is 0 Å². The van der Waals surface area contributed by atoms with Gasteiger partial charge in [0.25, 0.3) is 0 Å². The number of hydrogen-bond acceptors (Lipinski definition) is 1. The normalized spacial score (nSPS) is 50.8. The van der Waals surface area contributed by atoms with Gasteiger partial charge in [0, 0.05) is 0 Å². The van der Waals surface area contributed by atoms with E-state index in [1.165, 1.54) is 38.5 Å². The molecular formula is C15H26O. The monoisotopic (exact) mass is 222 g/mol. The maximum Gasteiger partial charge on any atom is 0.0690 e. The Balaban J connectivity index is 1.75. The molecule has 1 aliphatic heterocycles. The van der Waals surface area contributed by atoms with E-state index in [0.717, 1.165) is 24.4 Å². The fourth-order valence-corrected chi connectivity index (χ4v) is 4.64. The van der Waals surface area contributed by atoms with E-state index < -0.39 is 0 Å². The van der Waals surface area contributed by atoms with Crippen LogP contribution in [-0.4, -0.2) is 12.2 Å². The van der Waals surface area contributed by atoms with E-state index in [2.05, 4.69) is 20.8 Å². The van der Waals surface area contributed by atoms with Gasteiger partial charge in [0.2, 0.25) is 0 Å². The van der Waals surface area contributed by atoms with Gasteiger partial charge in [-0.15, -0.1) is 0 Å². The summed E-state index contributed by atoms with van der Waals surface area (Å²) in [5.41, 5.74) is 0.751. The Hall–Kier alpha value is -0.0400. The number of fused-ring (bicyclic) bond motifs is 1. The zero-order valence-corrected chi connectivity index (χ0v) is 11.1. The maximum absolute atomic E-state index is 6.39.